The number of carbonyl (C=O) groups is 1. The van der Waals surface area contributed by atoms with E-state index in [1.54, 1.807) is 12.1 Å². The van der Waals surface area contributed by atoms with Crippen molar-refractivity contribution < 1.29 is 9.53 Å². The van der Waals surface area contributed by atoms with Gasteiger partial charge >= 0.3 is 0 Å². The molecule has 0 radical (unpaired) electrons. The second-order valence-electron chi connectivity index (χ2n) is 6.40. The zero-order chi connectivity index (χ0) is 17.8. The minimum atomic E-state index is -0.0873. The monoisotopic (exact) mass is 337 g/mol. The van der Waals surface area contributed by atoms with Crippen LogP contribution in [0.15, 0.2) is 48.8 Å². The van der Waals surface area contributed by atoms with Crippen LogP contribution in [0.5, 0.6) is 5.75 Å². The predicted molar refractivity (Wildman–Crippen MR) is 98.2 cm³/mol. The van der Waals surface area contributed by atoms with Crippen molar-refractivity contribution >= 4 is 11.6 Å². The van der Waals surface area contributed by atoms with Crippen LogP contribution in [0.2, 0.25) is 0 Å². The van der Waals surface area contributed by atoms with Crippen molar-refractivity contribution in [1.29, 1.82) is 0 Å². The molecular weight excluding hydrogens is 314 g/mol. The molecule has 0 saturated carbocycles. The van der Waals surface area contributed by atoms with Gasteiger partial charge < -0.3 is 14.5 Å². The Hall–Kier alpha value is -2.82. The number of imidazole rings is 1. The Morgan fingerprint density at radius 1 is 1.24 bits per heavy atom. The highest BCUT2D eigenvalue weighted by molar-refractivity contribution is 5.94. The second kappa shape index (κ2) is 7.38. The lowest BCUT2D eigenvalue weighted by Gasteiger charge is -2.10. The third-order valence-corrected chi connectivity index (χ3v) is 3.82. The molecule has 5 heteroatoms. The van der Waals surface area contributed by atoms with Gasteiger partial charge in [0.25, 0.3) is 5.91 Å². The number of benzene rings is 1. The molecule has 0 aliphatic rings. The standard InChI is InChI=1S/C20H23N3O2/c1-14(2)25-18-6-4-16(5-7-18)20(24)21-10-8-17-13-23-11-9-15(3)12-19(23)22-17/h4-7,9,11-14H,8,10H2,1-3H3,(H,21,24). The van der Waals surface area contributed by atoms with E-state index >= 15 is 0 Å². The van der Waals surface area contributed by atoms with Gasteiger partial charge in [-0.25, -0.2) is 4.98 Å². The van der Waals surface area contributed by atoms with Gasteiger partial charge in [-0.2, -0.15) is 0 Å². The van der Waals surface area contributed by atoms with Gasteiger partial charge in [-0.3, -0.25) is 4.79 Å². The Morgan fingerprint density at radius 3 is 2.72 bits per heavy atom. The van der Waals surface area contributed by atoms with Crippen molar-refractivity contribution in [3.05, 3.63) is 65.6 Å². The van der Waals surface area contributed by atoms with Gasteiger partial charge in [0.2, 0.25) is 0 Å². The number of hydrogen-bond donors (Lipinski definition) is 1. The molecule has 1 aromatic carbocycles. The molecule has 2 aromatic heterocycles. The van der Waals surface area contributed by atoms with Gasteiger partial charge in [0.15, 0.2) is 0 Å². The van der Waals surface area contributed by atoms with Crippen LogP contribution >= 0.6 is 0 Å². The summed E-state index contributed by atoms with van der Waals surface area (Å²) >= 11 is 0. The average molecular weight is 337 g/mol. The van der Waals surface area contributed by atoms with Gasteiger partial charge in [0, 0.05) is 30.9 Å². The second-order valence-corrected chi connectivity index (χ2v) is 6.40. The SMILES string of the molecule is Cc1ccn2cc(CCNC(=O)c3ccc(OC(C)C)cc3)nc2c1. The molecule has 0 fully saturated rings. The Balaban J connectivity index is 1.54. The maximum absolute atomic E-state index is 12.2. The molecule has 2 heterocycles. The fourth-order valence-electron chi connectivity index (χ4n) is 2.62. The summed E-state index contributed by atoms with van der Waals surface area (Å²) in [6, 6.07) is 11.3. The molecule has 3 aromatic rings. The number of ether oxygens (including phenoxy) is 1. The molecule has 5 nitrogen and oxygen atoms in total. The molecule has 1 amide bonds. The summed E-state index contributed by atoms with van der Waals surface area (Å²) in [5.74, 6) is 0.683. The Morgan fingerprint density at radius 2 is 2.00 bits per heavy atom. The summed E-state index contributed by atoms with van der Waals surface area (Å²) in [5.41, 5.74) is 3.71. The normalized spacial score (nSPS) is 11.0. The van der Waals surface area contributed by atoms with Crippen LogP contribution in [0.4, 0.5) is 0 Å². The van der Waals surface area contributed by atoms with Crippen LogP contribution in [0.1, 0.15) is 35.5 Å². The zero-order valence-electron chi connectivity index (χ0n) is 14.8. The lowest BCUT2D eigenvalue weighted by molar-refractivity contribution is 0.0954. The van der Waals surface area contributed by atoms with E-state index in [0.29, 0.717) is 18.5 Å². The highest BCUT2D eigenvalue weighted by Crippen LogP contribution is 2.14. The smallest absolute Gasteiger partial charge is 0.251 e. The van der Waals surface area contributed by atoms with Crippen molar-refractivity contribution in [1.82, 2.24) is 14.7 Å². The topological polar surface area (TPSA) is 55.6 Å². The molecule has 1 N–H and O–H groups in total. The van der Waals surface area contributed by atoms with E-state index in [2.05, 4.69) is 10.3 Å². The van der Waals surface area contributed by atoms with E-state index in [9.17, 15) is 4.79 Å². The van der Waals surface area contributed by atoms with Crippen LogP contribution in [0.25, 0.3) is 5.65 Å². The van der Waals surface area contributed by atoms with Crippen molar-refractivity contribution in [3.63, 3.8) is 0 Å². The summed E-state index contributed by atoms with van der Waals surface area (Å²) < 4.78 is 7.58. The minimum absolute atomic E-state index is 0.0873. The first-order valence-corrected chi connectivity index (χ1v) is 8.50. The predicted octanol–water partition coefficient (Wildman–Crippen LogP) is 3.40. The lowest BCUT2D eigenvalue weighted by Crippen LogP contribution is -2.25. The Bertz CT molecular complexity index is 866. The van der Waals surface area contributed by atoms with E-state index in [1.807, 2.05) is 61.8 Å². The van der Waals surface area contributed by atoms with Gasteiger partial charge in [-0.15, -0.1) is 0 Å². The quantitative estimate of drug-likeness (QED) is 0.750. The van der Waals surface area contributed by atoms with E-state index in [-0.39, 0.29) is 12.0 Å². The minimum Gasteiger partial charge on any atom is -0.491 e. The summed E-state index contributed by atoms with van der Waals surface area (Å²) in [4.78, 5) is 16.8. The largest absolute Gasteiger partial charge is 0.491 e. The molecule has 130 valence electrons. The molecule has 0 atom stereocenters. The number of rotatable bonds is 6. The Kier molecular flexibility index (Phi) is 5.03. The summed E-state index contributed by atoms with van der Waals surface area (Å²) in [5, 5.41) is 2.93. The number of hydrogen-bond acceptors (Lipinski definition) is 3. The lowest BCUT2D eigenvalue weighted by atomic mass is 10.2. The molecular formula is C20H23N3O2. The highest BCUT2D eigenvalue weighted by atomic mass is 16.5. The highest BCUT2D eigenvalue weighted by Gasteiger charge is 2.07. The molecule has 0 unspecified atom stereocenters. The molecule has 3 rings (SSSR count). The number of nitrogens with zero attached hydrogens (tertiary/aromatic N) is 2. The molecule has 0 aliphatic carbocycles. The van der Waals surface area contributed by atoms with Gasteiger partial charge in [-0.05, 0) is 62.7 Å². The van der Waals surface area contributed by atoms with Crippen LogP contribution in [-0.4, -0.2) is 27.9 Å². The maximum atomic E-state index is 12.2. The van der Waals surface area contributed by atoms with Gasteiger partial charge in [0.05, 0.1) is 11.8 Å². The van der Waals surface area contributed by atoms with Crippen LogP contribution in [0, 0.1) is 6.92 Å². The number of aromatic nitrogens is 2. The van der Waals surface area contributed by atoms with Crippen molar-refractivity contribution in [2.45, 2.75) is 33.3 Å². The van der Waals surface area contributed by atoms with Crippen molar-refractivity contribution in [3.8, 4) is 5.75 Å². The van der Waals surface area contributed by atoms with E-state index in [1.165, 1.54) is 5.56 Å². The van der Waals surface area contributed by atoms with Crippen LogP contribution in [0.3, 0.4) is 0 Å². The van der Waals surface area contributed by atoms with Crippen molar-refractivity contribution in [2.75, 3.05) is 6.54 Å². The molecule has 0 spiro atoms. The molecule has 25 heavy (non-hydrogen) atoms. The van der Waals surface area contributed by atoms with E-state index < -0.39 is 0 Å². The molecule has 0 aliphatic heterocycles. The van der Waals surface area contributed by atoms with E-state index in [4.69, 9.17) is 4.74 Å². The fraction of sp³-hybridized carbons (Fsp3) is 0.300. The number of aryl methyl sites for hydroxylation is 1. The summed E-state index contributed by atoms with van der Waals surface area (Å²) in [6.07, 6.45) is 4.81. The molecule has 0 bridgehead atoms. The molecule has 0 saturated heterocycles. The zero-order valence-corrected chi connectivity index (χ0v) is 14.8. The first kappa shape index (κ1) is 17.0. The van der Waals surface area contributed by atoms with Crippen molar-refractivity contribution in [2.24, 2.45) is 0 Å². The van der Waals surface area contributed by atoms with Crippen LogP contribution < -0.4 is 10.1 Å². The fourth-order valence-corrected chi connectivity index (χ4v) is 2.62. The summed E-state index contributed by atoms with van der Waals surface area (Å²) in [7, 11) is 0. The number of fused-ring (bicyclic) bond motifs is 1. The van der Waals surface area contributed by atoms with Crippen LogP contribution in [-0.2, 0) is 6.42 Å². The average Bonchev–Trinajstić information content (AvgIpc) is 2.96. The van der Waals surface area contributed by atoms with Gasteiger partial charge in [0.1, 0.15) is 11.4 Å². The number of pyridine rings is 1. The Labute approximate surface area is 147 Å². The number of nitrogens with one attached hydrogen (secondary N) is 1. The van der Waals surface area contributed by atoms with Gasteiger partial charge in [-0.1, -0.05) is 0 Å². The number of amides is 1. The summed E-state index contributed by atoms with van der Waals surface area (Å²) in [6.45, 7) is 6.54. The number of carbonyl (C=O) groups excluding carboxylic acids is 1. The third-order valence-electron chi connectivity index (χ3n) is 3.82. The third kappa shape index (κ3) is 4.38. The first-order chi connectivity index (χ1) is 12.0. The maximum Gasteiger partial charge on any atom is 0.251 e. The van der Waals surface area contributed by atoms with E-state index in [0.717, 1.165) is 17.1 Å². The first-order valence-electron chi connectivity index (χ1n) is 8.50.